The van der Waals surface area contributed by atoms with Gasteiger partial charge >= 0.3 is 0 Å². The summed E-state index contributed by atoms with van der Waals surface area (Å²) in [5.41, 5.74) is 0.770. The van der Waals surface area contributed by atoms with Gasteiger partial charge in [0.1, 0.15) is 0 Å². The zero-order valence-electron chi connectivity index (χ0n) is 6.71. The Kier molecular flexibility index (Phi) is 3.82. The largest absolute Gasteiger partial charge is 0.293 e. The number of benzene rings is 1. The zero-order chi connectivity index (χ0) is 8.97. The molecule has 1 nitrogen and oxygen atoms in total. The molecule has 0 fully saturated rings. The Labute approximate surface area is 84.7 Å². The Morgan fingerprint density at radius 3 is 2.75 bits per heavy atom. The molecule has 12 heavy (non-hydrogen) atoms. The Morgan fingerprint density at radius 2 is 2.17 bits per heavy atom. The molecule has 0 heterocycles. The van der Waals surface area contributed by atoms with Crippen molar-refractivity contribution in [2.45, 2.75) is 0 Å². The fraction of sp³-hybridized carbons (Fsp3) is 0.222. The number of thioether (sulfide) groups is 1. The molecule has 0 unspecified atom stereocenters. The lowest BCUT2D eigenvalue weighted by molar-refractivity contribution is 0.102. The summed E-state index contributed by atoms with van der Waals surface area (Å²) in [7, 11) is 0. The van der Waals surface area contributed by atoms with Gasteiger partial charge in [-0.3, -0.25) is 4.79 Å². The third-order valence-electron chi connectivity index (χ3n) is 1.45. The highest BCUT2D eigenvalue weighted by Gasteiger charge is 2.07. The Bertz CT molecular complexity index is 286. The lowest BCUT2D eigenvalue weighted by atomic mass is 10.1. The van der Waals surface area contributed by atoms with E-state index in [1.807, 2.05) is 30.5 Å². The first-order chi connectivity index (χ1) is 5.75. The van der Waals surface area contributed by atoms with E-state index in [1.165, 1.54) is 0 Å². The molecule has 0 saturated heterocycles. The van der Waals surface area contributed by atoms with Gasteiger partial charge in [-0.1, -0.05) is 34.1 Å². The maximum atomic E-state index is 11.4. The van der Waals surface area contributed by atoms with Crippen LogP contribution in [0.1, 0.15) is 10.4 Å². The fourth-order valence-corrected chi connectivity index (χ4v) is 1.82. The normalized spacial score (nSPS) is 9.83. The van der Waals surface area contributed by atoms with Gasteiger partial charge in [0.05, 0.1) is 5.75 Å². The molecule has 1 aromatic rings. The molecule has 0 atom stereocenters. The minimum atomic E-state index is 0.176. The van der Waals surface area contributed by atoms with Crippen LogP contribution in [0.2, 0.25) is 0 Å². The number of Topliss-reactive ketones (excluding diaryl/α,β-unsaturated/α-hetero) is 1. The summed E-state index contributed by atoms with van der Waals surface area (Å²) in [6, 6.07) is 7.49. The molecule has 0 saturated carbocycles. The minimum absolute atomic E-state index is 0.176. The molecule has 0 radical (unpaired) electrons. The van der Waals surface area contributed by atoms with Crippen molar-refractivity contribution in [2.75, 3.05) is 12.0 Å². The molecule has 0 amide bonds. The van der Waals surface area contributed by atoms with Crippen LogP contribution in [-0.2, 0) is 0 Å². The lowest BCUT2D eigenvalue weighted by Gasteiger charge is -2.00. The number of rotatable bonds is 3. The van der Waals surface area contributed by atoms with Crippen molar-refractivity contribution in [1.29, 1.82) is 0 Å². The van der Waals surface area contributed by atoms with Crippen molar-refractivity contribution >= 4 is 33.5 Å². The van der Waals surface area contributed by atoms with Gasteiger partial charge < -0.3 is 0 Å². The third-order valence-corrected chi connectivity index (χ3v) is 2.69. The van der Waals surface area contributed by atoms with Crippen molar-refractivity contribution in [3.05, 3.63) is 34.3 Å². The van der Waals surface area contributed by atoms with Crippen LogP contribution in [0, 0.1) is 0 Å². The molecule has 0 aliphatic carbocycles. The van der Waals surface area contributed by atoms with Crippen molar-refractivity contribution < 1.29 is 4.79 Å². The van der Waals surface area contributed by atoms with Gasteiger partial charge in [-0.15, -0.1) is 0 Å². The summed E-state index contributed by atoms with van der Waals surface area (Å²) in [6.07, 6.45) is 1.93. The monoisotopic (exact) mass is 244 g/mol. The maximum Gasteiger partial charge on any atom is 0.173 e. The molecule has 3 heteroatoms. The van der Waals surface area contributed by atoms with E-state index in [9.17, 15) is 4.79 Å². The van der Waals surface area contributed by atoms with Gasteiger partial charge in [0.15, 0.2) is 5.78 Å². The number of halogens is 1. The van der Waals surface area contributed by atoms with Crippen LogP contribution in [0.25, 0.3) is 0 Å². The summed E-state index contributed by atoms with van der Waals surface area (Å²) < 4.78 is 0.879. The van der Waals surface area contributed by atoms with Gasteiger partial charge in [-0.05, 0) is 12.3 Å². The average molecular weight is 245 g/mol. The highest BCUT2D eigenvalue weighted by Crippen LogP contribution is 2.17. The number of carbonyl (C=O) groups is 1. The van der Waals surface area contributed by atoms with E-state index in [4.69, 9.17) is 0 Å². The number of hydrogen-bond acceptors (Lipinski definition) is 2. The van der Waals surface area contributed by atoms with Crippen molar-refractivity contribution in [3.8, 4) is 0 Å². The van der Waals surface area contributed by atoms with Gasteiger partial charge in [0, 0.05) is 10.0 Å². The van der Waals surface area contributed by atoms with Crippen LogP contribution in [0.3, 0.4) is 0 Å². The first-order valence-electron chi connectivity index (χ1n) is 3.52. The summed E-state index contributed by atoms with van der Waals surface area (Å²) in [6.45, 7) is 0. The van der Waals surface area contributed by atoms with E-state index in [1.54, 1.807) is 11.8 Å². The number of hydrogen-bond donors (Lipinski definition) is 0. The second kappa shape index (κ2) is 4.67. The third kappa shape index (κ3) is 2.35. The van der Waals surface area contributed by atoms with Crippen LogP contribution in [-0.4, -0.2) is 17.8 Å². The van der Waals surface area contributed by atoms with Crippen LogP contribution in [0.5, 0.6) is 0 Å². The topological polar surface area (TPSA) is 17.1 Å². The van der Waals surface area contributed by atoms with Gasteiger partial charge in [0.25, 0.3) is 0 Å². The average Bonchev–Trinajstić information content (AvgIpc) is 2.05. The van der Waals surface area contributed by atoms with Crippen molar-refractivity contribution in [3.63, 3.8) is 0 Å². The van der Waals surface area contributed by atoms with Gasteiger partial charge in [0.2, 0.25) is 0 Å². The molecule has 0 spiro atoms. The Hall–Kier alpha value is -0.280. The van der Waals surface area contributed by atoms with E-state index >= 15 is 0 Å². The van der Waals surface area contributed by atoms with Gasteiger partial charge in [-0.25, -0.2) is 0 Å². The molecule has 0 aliphatic rings. The fourth-order valence-electron chi connectivity index (χ4n) is 0.896. The molecule has 0 aliphatic heterocycles. The highest BCUT2D eigenvalue weighted by molar-refractivity contribution is 9.10. The standard InChI is InChI=1S/C9H9BrOS/c1-12-6-9(11)7-4-2-3-5-8(7)10/h2-5H,6H2,1H3. The van der Waals surface area contributed by atoms with Crippen molar-refractivity contribution in [1.82, 2.24) is 0 Å². The van der Waals surface area contributed by atoms with Gasteiger partial charge in [-0.2, -0.15) is 11.8 Å². The predicted octanol–water partition coefficient (Wildman–Crippen LogP) is 2.99. The lowest BCUT2D eigenvalue weighted by Crippen LogP contribution is -2.02. The quantitative estimate of drug-likeness (QED) is 0.761. The van der Waals surface area contributed by atoms with E-state index in [2.05, 4.69) is 15.9 Å². The van der Waals surface area contributed by atoms with Crippen LogP contribution >= 0.6 is 27.7 Å². The Morgan fingerprint density at radius 1 is 1.50 bits per heavy atom. The zero-order valence-corrected chi connectivity index (χ0v) is 9.11. The molecular formula is C9H9BrOS. The SMILES string of the molecule is CSCC(=O)c1ccccc1Br. The molecule has 1 aromatic carbocycles. The minimum Gasteiger partial charge on any atom is -0.293 e. The first-order valence-corrected chi connectivity index (χ1v) is 5.71. The molecule has 1 rings (SSSR count). The van der Waals surface area contributed by atoms with Crippen molar-refractivity contribution in [2.24, 2.45) is 0 Å². The van der Waals surface area contributed by atoms with E-state index < -0.39 is 0 Å². The maximum absolute atomic E-state index is 11.4. The second-order valence-electron chi connectivity index (χ2n) is 2.34. The smallest absolute Gasteiger partial charge is 0.173 e. The highest BCUT2D eigenvalue weighted by atomic mass is 79.9. The summed E-state index contributed by atoms with van der Waals surface area (Å²) in [5, 5.41) is 0. The second-order valence-corrected chi connectivity index (χ2v) is 4.06. The van der Waals surface area contributed by atoms with Crippen LogP contribution in [0.15, 0.2) is 28.7 Å². The molecule has 64 valence electrons. The van der Waals surface area contributed by atoms with Crippen LogP contribution in [0.4, 0.5) is 0 Å². The summed E-state index contributed by atoms with van der Waals surface area (Å²) in [5.74, 6) is 0.720. The molecule has 0 N–H and O–H groups in total. The number of carbonyl (C=O) groups excluding carboxylic acids is 1. The van der Waals surface area contributed by atoms with E-state index in [0.717, 1.165) is 10.0 Å². The predicted molar refractivity (Wildman–Crippen MR) is 56.9 cm³/mol. The number of ketones is 1. The van der Waals surface area contributed by atoms with E-state index in [-0.39, 0.29) is 5.78 Å². The summed E-state index contributed by atoms with van der Waals surface area (Å²) >= 11 is 4.88. The summed E-state index contributed by atoms with van der Waals surface area (Å²) in [4.78, 5) is 11.4. The van der Waals surface area contributed by atoms with Crippen LogP contribution < -0.4 is 0 Å². The molecular weight excluding hydrogens is 236 g/mol. The first kappa shape index (κ1) is 9.81. The Balaban J connectivity index is 2.87. The van der Waals surface area contributed by atoms with E-state index in [0.29, 0.717) is 5.75 Å². The molecule has 0 bridgehead atoms. The molecule has 0 aromatic heterocycles.